The highest BCUT2D eigenvalue weighted by molar-refractivity contribution is 7.89. The third kappa shape index (κ3) is 3.49. The summed E-state index contributed by atoms with van der Waals surface area (Å²) in [4.78, 5) is 4.01. The molecule has 1 atom stereocenters. The standard InChI is InChI=1S/C14H23N3O2S/c1-11(12-7-4-3-5-8-12)17-20(18,19)14-13(15-2)9-6-10-16-14/h6,9-12,15,17H,3-5,7-8H2,1-2H3. The van der Waals surface area contributed by atoms with E-state index in [9.17, 15) is 8.42 Å². The molecule has 0 aromatic carbocycles. The van der Waals surface area contributed by atoms with Gasteiger partial charge in [0.15, 0.2) is 5.03 Å². The molecule has 5 nitrogen and oxygen atoms in total. The number of pyridine rings is 1. The van der Waals surface area contributed by atoms with E-state index in [1.165, 1.54) is 25.5 Å². The lowest BCUT2D eigenvalue weighted by molar-refractivity contribution is 0.303. The second-order valence-electron chi connectivity index (χ2n) is 5.41. The highest BCUT2D eigenvalue weighted by Gasteiger charge is 2.27. The van der Waals surface area contributed by atoms with Crippen LogP contribution in [0, 0.1) is 5.92 Å². The molecule has 1 aliphatic carbocycles. The Morgan fingerprint density at radius 1 is 1.30 bits per heavy atom. The molecule has 0 aliphatic heterocycles. The fourth-order valence-corrected chi connectivity index (χ4v) is 4.28. The van der Waals surface area contributed by atoms with E-state index >= 15 is 0 Å². The molecular weight excluding hydrogens is 274 g/mol. The zero-order valence-electron chi connectivity index (χ0n) is 12.1. The third-order valence-corrected chi connectivity index (χ3v) is 5.51. The SMILES string of the molecule is CNc1cccnc1S(=O)(=O)NC(C)C1CCCCC1. The predicted octanol–water partition coefficient (Wildman–Crippen LogP) is 2.37. The quantitative estimate of drug-likeness (QED) is 0.875. The smallest absolute Gasteiger partial charge is 0.260 e. The van der Waals surface area contributed by atoms with Crippen LogP contribution in [0.2, 0.25) is 0 Å². The van der Waals surface area contributed by atoms with Gasteiger partial charge in [-0.3, -0.25) is 0 Å². The summed E-state index contributed by atoms with van der Waals surface area (Å²) in [6.07, 6.45) is 7.36. The predicted molar refractivity (Wildman–Crippen MR) is 80.1 cm³/mol. The number of hydrogen-bond donors (Lipinski definition) is 2. The summed E-state index contributed by atoms with van der Waals surface area (Å²) in [5.41, 5.74) is 0.524. The van der Waals surface area contributed by atoms with Crippen molar-refractivity contribution in [1.29, 1.82) is 0 Å². The summed E-state index contributed by atoms with van der Waals surface area (Å²) in [5, 5.41) is 2.95. The molecule has 2 N–H and O–H groups in total. The Morgan fingerprint density at radius 2 is 2.00 bits per heavy atom. The van der Waals surface area contributed by atoms with Crippen molar-refractivity contribution in [2.75, 3.05) is 12.4 Å². The summed E-state index contributed by atoms with van der Waals surface area (Å²) < 4.78 is 27.7. The van der Waals surface area contributed by atoms with E-state index in [1.54, 1.807) is 19.2 Å². The van der Waals surface area contributed by atoms with Gasteiger partial charge in [-0.1, -0.05) is 19.3 Å². The number of rotatable bonds is 5. The topological polar surface area (TPSA) is 71.1 Å². The van der Waals surface area contributed by atoms with E-state index in [4.69, 9.17) is 0 Å². The zero-order valence-corrected chi connectivity index (χ0v) is 12.9. The number of nitrogens with one attached hydrogen (secondary N) is 2. The Balaban J connectivity index is 2.14. The molecular formula is C14H23N3O2S. The molecule has 112 valence electrons. The first-order valence-electron chi connectivity index (χ1n) is 7.19. The van der Waals surface area contributed by atoms with Gasteiger partial charge in [0.2, 0.25) is 0 Å². The van der Waals surface area contributed by atoms with Crippen LogP contribution in [-0.2, 0) is 10.0 Å². The summed E-state index contributed by atoms with van der Waals surface area (Å²) in [5.74, 6) is 0.431. The van der Waals surface area contributed by atoms with Crippen LogP contribution >= 0.6 is 0 Å². The van der Waals surface area contributed by atoms with Gasteiger partial charge in [-0.25, -0.2) is 18.1 Å². The number of sulfonamides is 1. The molecule has 1 fully saturated rings. The maximum atomic E-state index is 12.5. The van der Waals surface area contributed by atoms with Gasteiger partial charge < -0.3 is 5.32 Å². The number of nitrogens with zero attached hydrogens (tertiary/aromatic N) is 1. The summed E-state index contributed by atoms with van der Waals surface area (Å²) in [7, 11) is -1.88. The lowest BCUT2D eigenvalue weighted by Gasteiger charge is -2.28. The van der Waals surface area contributed by atoms with Crippen LogP contribution < -0.4 is 10.0 Å². The van der Waals surface area contributed by atoms with E-state index in [0.29, 0.717) is 11.6 Å². The first kappa shape index (κ1) is 15.3. The minimum absolute atomic E-state index is 0.0491. The van der Waals surface area contributed by atoms with Gasteiger partial charge in [-0.15, -0.1) is 0 Å². The minimum atomic E-state index is -3.58. The lowest BCUT2D eigenvalue weighted by atomic mass is 9.85. The van der Waals surface area contributed by atoms with E-state index in [0.717, 1.165) is 12.8 Å². The van der Waals surface area contributed by atoms with Gasteiger partial charge in [0.25, 0.3) is 10.0 Å². The van der Waals surface area contributed by atoms with Crippen LogP contribution in [0.25, 0.3) is 0 Å². The van der Waals surface area contributed by atoms with Gasteiger partial charge >= 0.3 is 0 Å². The molecule has 1 aromatic heterocycles. The minimum Gasteiger partial charge on any atom is -0.386 e. The van der Waals surface area contributed by atoms with Crippen LogP contribution in [0.5, 0.6) is 0 Å². The summed E-state index contributed by atoms with van der Waals surface area (Å²) in [6.45, 7) is 1.95. The molecule has 0 saturated heterocycles. The average molecular weight is 297 g/mol. The molecule has 20 heavy (non-hydrogen) atoms. The highest BCUT2D eigenvalue weighted by atomic mass is 32.2. The van der Waals surface area contributed by atoms with Crippen molar-refractivity contribution in [2.24, 2.45) is 5.92 Å². The normalized spacial score (nSPS) is 18.7. The molecule has 1 aliphatic rings. The summed E-state index contributed by atoms with van der Waals surface area (Å²) in [6, 6.07) is 3.38. The zero-order chi connectivity index (χ0) is 14.6. The molecule has 0 amide bonds. The highest BCUT2D eigenvalue weighted by Crippen LogP contribution is 2.27. The largest absolute Gasteiger partial charge is 0.386 e. The van der Waals surface area contributed by atoms with Crippen molar-refractivity contribution in [3.63, 3.8) is 0 Å². The average Bonchev–Trinajstić information content (AvgIpc) is 2.47. The molecule has 0 radical (unpaired) electrons. The maximum Gasteiger partial charge on any atom is 0.260 e. The van der Waals surface area contributed by atoms with Gasteiger partial charge in [0.05, 0.1) is 5.69 Å². The van der Waals surface area contributed by atoms with Crippen molar-refractivity contribution in [2.45, 2.75) is 50.1 Å². The lowest BCUT2D eigenvalue weighted by Crippen LogP contribution is -2.39. The Labute approximate surface area is 121 Å². The van der Waals surface area contributed by atoms with Crippen LogP contribution in [0.1, 0.15) is 39.0 Å². The molecule has 1 aromatic rings. The van der Waals surface area contributed by atoms with Gasteiger partial charge in [-0.05, 0) is 37.8 Å². The molecule has 1 heterocycles. The number of hydrogen-bond acceptors (Lipinski definition) is 4. The first-order valence-corrected chi connectivity index (χ1v) is 8.68. The third-order valence-electron chi connectivity index (χ3n) is 3.99. The van der Waals surface area contributed by atoms with Crippen molar-refractivity contribution in [1.82, 2.24) is 9.71 Å². The molecule has 0 bridgehead atoms. The molecule has 1 unspecified atom stereocenters. The van der Waals surface area contributed by atoms with Crippen molar-refractivity contribution in [3.8, 4) is 0 Å². The maximum absolute atomic E-state index is 12.5. The number of anilines is 1. The van der Waals surface area contributed by atoms with Gasteiger partial charge in [-0.2, -0.15) is 0 Å². The van der Waals surface area contributed by atoms with Crippen LogP contribution in [0.4, 0.5) is 5.69 Å². The molecule has 1 saturated carbocycles. The second kappa shape index (κ2) is 6.54. The Bertz CT molecular complexity index is 539. The molecule has 6 heteroatoms. The fourth-order valence-electron chi connectivity index (χ4n) is 2.83. The Kier molecular flexibility index (Phi) is 4.99. The van der Waals surface area contributed by atoms with E-state index < -0.39 is 10.0 Å². The van der Waals surface area contributed by atoms with E-state index in [2.05, 4.69) is 15.0 Å². The van der Waals surface area contributed by atoms with Gasteiger partial charge in [0.1, 0.15) is 0 Å². The van der Waals surface area contributed by atoms with Gasteiger partial charge in [0, 0.05) is 19.3 Å². The van der Waals surface area contributed by atoms with Crippen molar-refractivity contribution >= 4 is 15.7 Å². The molecule has 2 rings (SSSR count). The van der Waals surface area contributed by atoms with Crippen LogP contribution in [0.15, 0.2) is 23.4 Å². The van der Waals surface area contributed by atoms with Crippen molar-refractivity contribution < 1.29 is 8.42 Å². The van der Waals surface area contributed by atoms with Crippen LogP contribution in [-0.4, -0.2) is 26.5 Å². The van der Waals surface area contributed by atoms with E-state index in [-0.39, 0.29) is 11.1 Å². The monoisotopic (exact) mass is 297 g/mol. The number of aromatic nitrogens is 1. The second-order valence-corrected chi connectivity index (χ2v) is 7.04. The first-order chi connectivity index (χ1) is 9.54. The Hall–Kier alpha value is -1.14. The fraction of sp³-hybridized carbons (Fsp3) is 0.643. The van der Waals surface area contributed by atoms with Crippen LogP contribution in [0.3, 0.4) is 0 Å². The van der Waals surface area contributed by atoms with Crippen molar-refractivity contribution in [3.05, 3.63) is 18.3 Å². The van der Waals surface area contributed by atoms with E-state index in [1.807, 2.05) is 6.92 Å². The Morgan fingerprint density at radius 3 is 2.65 bits per heavy atom. The summed E-state index contributed by atoms with van der Waals surface area (Å²) >= 11 is 0. The molecule has 0 spiro atoms.